The number of aromatic nitrogens is 2. The van der Waals surface area contributed by atoms with Gasteiger partial charge in [0.25, 0.3) is 16.6 Å². The van der Waals surface area contributed by atoms with Gasteiger partial charge in [0.15, 0.2) is 14.5 Å². The number of rotatable bonds is 20. The van der Waals surface area contributed by atoms with Crippen molar-refractivity contribution in [1.82, 2.24) is 15.0 Å². The number of nitrogens with one attached hydrogen (secondary N) is 2. The highest BCUT2D eigenvalue weighted by atomic mass is 28.4. The molecule has 0 aliphatic carbocycles. The van der Waals surface area contributed by atoms with Gasteiger partial charge in [0.2, 0.25) is 0 Å². The number of hydroxylamine groups is 1. The maximum atomic E-state index is 15.4. The molecule has 0 unspecified atom stereocenters. The van der Waals surface area contributed by atoms with Gasteiger partial charge in [-0.25, -0.2) is 10.3 Å². The molecular formula is C68H82N4O7Si3. The van der Waals surface area contributed by atoms with Crippen LogP contribution in [0.5, 0.6) is 11.5 Å². The van der Waals surface area contributed by atoms with E-state index >= 15 is 4.79 Å². The second-order valence-corrected chi connectivity index (χ2v) is 38.3. The topological polar surface area (TPSA) is 114 Å². The Morgan fingerprint density at radius 1 is 0.524 bits per heavy atom. The third-order valence-corrected chi connectivity index (χ3v) is 31.2. The standard InChI is InChI=1S/C68H82N4O7Si3/c1-65(2,3)80(12,13)78-62-61(71-79-82(67(7,8)9,57-35-25-17-26-36-57)58-37-27-18-28-38-58)59(49-76-81(66(4,5)6,55-31-21-15-22-32-55)56-33-23-16-24-34-56)77-63(62)72-48-47-60(69-64(72)73)70-68(50-29-19-14-20-30-50,51-39-43-53(74-10)44-40-51)52-41-45-54(75-11)46-42-52/h14-48,59,61-63,71H,49H2,1-13H3,(H,69,70,73)/t59-,61-,62-,63-/m1/s1. The van der Waals surface area contributed by atoms with Crippen molar-refractivity contribution in [3.05, 3.63) is 240 Å². The van der Waals surface area contributed by atoms with E-state index in [1.165, 1.54) is 0 Å². The minimum Gasteiger partial charge on any atom is -0.497 e. The molecule has 4 atom stereocenters. The first-order valence-corrected chi connectivity index (χ1v) is 35.2. The Labute approximate surface area is 489 Å². The summed E-state index contributed by atoms with van der Waals surface area (Å²) in [6, 6.07) is 69.8. The van der Waals surface area contributed by atoms with E-state index in [2.05, 4.69) is 208 Å². The fraction of sp³-hybridized carbons (Fsp3) is 0.324. The SMILES string of the molecule is COc1ccc(C(Nc2ccn([C@@H]3O[C@H](CO[Si](c4ccccc4)(c4ccccc4)C(C)(C)C)[C@@H](NO[Si](c4ccccc4)(c4ccccc4)C(C)(C)C)[C@H]3O[Si](C)(C)C(C)(C)C)c(=O)n2)(c2ccccc2)c2ccc(OC)cc2)cc1. The molecule has 8 aromatic rings. The van der Waals surface area contributed by atoms with E-state index in [9.17, 15) is 0 Å². The van der Waals surface area contributed by atoms with Crippen LogP contribution >= 0.6 is 0 Å². The first kappa shape index (κ1) is 59.9. The zero-order chi connectivity index (χ0) is 58.6. The fourth-order valence-corrected chi connectivity index (χ4v) is 21.7. The Morgan fingerprint density at radius 2 is 0.927 bits per heavy atom. The lowest BCUT2D eigenvalue weighted by Crippen LogP contribution is -2.70. The van der Waals surface area contributed by atoms with Gasteiger partial charge < -0.3 is 32.9 Å². The van der Waals surface area contributed by atoms with Crippen LogP contribution in [-0.2, 0) is 23.7 Å². The van der Waals surface area contributed by atoms with Crippen LogP contribution in [0.25, 0.3) is 0 Å². The molecule has 0 saturated carbocycles. The zero-order valence-electron chi connectivity index (χ0n) is 50.0. The Bertz CT molecular complexity index is 3260. The number of ether oxygens (including phenoxy) is 3. The molecule has 1 aliphatic rings. The van der Waals surface area contributed by atoms with E-state index in [-0.39, 0.29) is 21.7 Å². The van der Waals surface area contributed by atoms with E-state index in [1.807, 2.05) is 84.9 Å². The van der Waals surface area contributed by atoms with E-state index in [0.29, 0.717) is 17.3 Å². The van der Waals surface area contributed by atoms with Crippen LogP contribution < -0.4 is 46.7 Å². The molecule has 1 saturated heterocycles. The van der Waals surface area contributed by atoms with Gasteiger partial charge in [-0.3, -0.25) is 4.57 Å². The minimum atomic E-state index is -3.25. The van der Waals surface area contributed by atoms with E-state index in [0.717, 1.165) is 37.4 Å². The van der Waals surface area contributed by atoms with Crippen LogP contribution in [0.3, 0.4) is 0 Å². The molecule has 11 nitrogen and oxygen atoms in total. The number of benzene rings is 7. The van der Waals surface area contributed by atoms with Crippen LogP contribution in [0.15, 0.2) is 217 Å². The molecule has 428 valence electrons. The molecule has 82 heavy (non-hydrogen) atoms. The van der Waals surface area contributed by atoms with E-state index < -0.39 is 60.7 Å². The molecule has 0 bridgehead atoms. The third-order valence-electron chi connectivity index (χ3n) is 16.9. The van der Waals surface area contributed by atoms with Gasteiger partial charge in [-0.1, -0.05) is 238 Å². The fourth-order valence-electron chi connectivity index (χ4n) is 11.6. The maximum Gasteiger partial charge on any atom is 0.351 e. The van der Waals surface area contributed by atoms with Gasteiger partial charge in [0.1, 0.15) is 35.1 Å². The monoisotopic (exact) mass is 1150 g/mol. The first-order valence-electron chi connectivity index (χ1n) is 28.4. The Balaban J connectivity index is 1.21. The highest BCUT2D eigenvalue weighted by molar-refractivity contribution is 7.00. The summed E-state index contributed by atoms with van der Waals surface area (Å²) < 4.78 is 43.5. The highest BCUT2D eigenvalue weighted by Gasteiger charge is 2.57. The number of hydrogen-bond donors (Lipinski definition) is 2. The molecule has 0 spiro atoms. The highest BCUT2D eigenvalue weighted by Crippen LogP contribution is 2.45. The van der Waals surface area contributed by atoms with Crippen molar-refractivity contribution >= 4 is 51.5 Å². The summed E-state index contributed by atoms with van der Waals surface area (Å²) in [7, 11) is -5.79. The average molecular weight is 1150 g/mol. The lowest BCUT2D eigenvalue weighted by Gasteiger charge is -2.45. The Kier molecular flexibility index (Phi) is 17.7. The van der Waals surface area contributed by atoms with Crippen molar-refractivity contribution in [2.75, 3.05) is 26.1 Å². The van der Waals surface area contributed by atoms with Crippen LogP contribution in [-0.4, -0.2) is 73.6 Å². The van der Waals surface area contributed by atoms with Crippen LogP contribution in [0.2, 0.25) is 28.2 Å². The molecule has 1 aromatic heterocycles. The summed E-state index contributed by atoms with van der Waals surface area (Å²) in [5.74, 6) is 1.78. The van der Waals surface area contributed by atoms with Crippen LogP contribution in [0, 0.1) is 0 Å². The summed E-state index contributed by atoms with van der Waals surface area (Å²) >= 11 is 0. The van der Waals surface area contributed by atoms with Gasteiger partial charge in [0, 0.05) is 6.20 Å². The lowest BCUT2D eigenvalue weighted by atomic mass is 9.77. The molecule has 9 rings (SSSR count). The summed E-state index contributed by atoms with van der Waals surface area (Å²) in [6.45, 7) is 24.9. The molecule has 7 aromatic carbocycles. The molecule has 1 fully saturated rings. The second kappa shape index (κ2) is 24.2. The molecule has 14 heteroatoms. The average Bonchev–Trinajstić information content (AvgIpc) is 3.43. The maximum absolute atomic E-state index is 15.4. The molecular weight excluding hydrogens is 1070 g/mol. The van der Waals surface area contributed by atoms with Crippen molar-refractivity contribution in [2.45, 2.75) is 121 Å². The normalized spacial score (nSPS) is 17.3. The number of nitrogens with zero attached hydrogens (tertiary/aromatic N) is 2. The van der Waals surface area contributed by atoms with Gasteiger partial charge in [-0.15, -0.1) is 0 Å². The largest absolute Gasteiger partial charge is 0.497 e. The molecule has 2 heterocycles. The van der Waals surface area contributed by atoms with Crippen molar-refractivity contribution in [2.24, 2.45) is 0 Å². The number of hydrogen-bond acceptors (Lipinski definition) is 10. The first-order chi connectivity index (χ1) is 39.1. The van der Waals surface area contributed by atoms with Gasteiger partial charge in [-0.05, 0) is 96.0 Å². The number of anilines is 1. The molecule has 1 aliphatic heterocycles. The van der Waals surface area contributed by atoms with Crippen LogP contribution in [0.4, 0.5) is 5.82 Å². The summed E-state index contributed by atoms with van der Waals surface area (Å²) in [4.78, 5) is 20.4. The van der Waals surface area contributed by atoms with Crippen molar-refractivity contribution < 1.29 is 27.6 Å². The lowest BCUT2D eigenvalue weighted by molar-refractivity contribution is -0.0493. The molecule has 0 amide bonds. The van der Waals surface area contributed by atoms with E-state index in [4.69, 9.17) is 32.6 Å². The third kappa shape index (κ3) is 11.6. The summed E-state index contributed by atoms with van der Waals surface area (Å²) in [5, 5.41) is 7.37. The number of methoxy groups -OCH3 is 2. The quantitative estimate of drug-likeness (QED) is 0.0434. The molecule has 2 N–H and O–H groups in total. The zero-order valence-corrected chi connectivity index (χ0v) is 53.0. The van der Waals surface area contributed by atoms with Crippen molar-refractivity contribution in [3.63, 3.8) is 0 Å². The summed E-state index contributed by atoms with van der Waals surface area (Å²) in [6.07, 6.45) is -0.668. The summed E-state index contributed by atoms with van der Waals surface area (Å²) in [5.41, 5.74) is 4.95. The predicted molar refractivity (Wildman–Crippen MR) is 340 cm³/mol. The van der Waals surface area contributed by atoms with Gasteiger partial charge in [0.05, 0.1) is 26.9 Å². The van der Waals surface area contributed by atoms with Gasteiger partial charge in [-0.2, -0.15) is 4.98 Å². The Morgan fingerprint density at radius 3 is 1.32 bits per heavy atom. The van der Waals surface area contributed by atoms with Crippen molar-refractivity contribution in [3.8, 4) is 11.5 Å². The van der Waals surface area contributed by atoms with Crippen molar-refractivity contribution in [1.29, 1.82) is 0 Å². The molecule has 0 radical (unpaired) electrons. The van der Waals surface area contributed by atoms with Crippen LogP contribution in [0.1, 0.15) is 85.2 Å². The van der Waals surface area contributed by atoms with Gasteiger partial charge >= 0.3 is 5.69 Å². The smallest absolute Gasteiger partial charge is 0.351 e. The minimum absolute atomic E-state index is 0.147. The van der Waals surface area contributed by atoms with E-state index in [1.54, 1.807) is 25.0 Å². The second-order valence-electron chi connectivity index (χ2n) is 25.0. The predicted octanol–water partition coefficient (Wildman–Crippen LogP) is 12.0. The Hall–Kier alpha value is -6.73.